The Morgan fingerprint density at radius 3 is 2.54 bits per heavy atom. The van der Waals surface area contributed by atoms with Gasteiger partial charge >= 0.3 is 6.03 Å². The number of carbonyl (C=O) groups excluding carboxylic acids is 2. The molecule has 8 heteroatoms. The topological polar surface area (TPSA) is 81.7 Å². The lowest BCUT2D eigenvalue weighted by Crippen LogP contribution is -2.54. The maximum Gasteiger partial charge on any atom is 0.317 e. The van der Waals surface area contributed by atoms with Crippen molar-refractivity contribution in [3.8, 4) is 0 Å². The molecule has 1 N–H and O–H groups in total. The molecule has 1 aromatic heterocycles. The normalized spacial score (nSPS) is 21.1. The van der Waals surface area contributed by atoms with Gasteiger partial charge in [-0.05, 0) is 19.4 Å². The van der Waals surface area contributed by atoms with Gasteiger partial charge < -0.3 is 20.0 Å². The second-order valence-electron chi connectivity index (χ2n) is 6.34. The van der Waals surface area contributed by atoms with Crippen molar-refractivity contribution in [3.05, 3.63) is 18.1 Å². The summed E-state index contributed by atoms with van der Waals surface area (Å²) in [7, 11) is 0. The Labute approximate surface area is 141 Å². The SMILES string of the molecule is CC(=O)N1CCC(NC(=O)N2CCN(c3ccnc(C)n3)CC2)C1. The first kappa shape index (κ1) is 16.5. The van der Waals surface area contributed by atoms with E-state index in [0.717, 1.165) is 37.7 Å². The summed E-state index contributed by atoms with van der Waals surface area (Å²) in [6, 6.07) is 1.92. The number of likely N-dealkylation sites (tertiary alicyclic amines) is 1. The third kappa shape index (κ3) is 3.74. The van der Waals surface area contributed by atoms with Gasteiger partial charge in [-0.2, -0.15) is 0 Å². The predicted octanol–water partition coefficient (Wildman–Crippen LogP) is 0.237. The summed E-state index contributed by atoms with van der Waals surface area (Å²) in [4.78, 5) is 38.1. The molecular formula is C16H24N6O2. The lowest BCUT2D eigenvalue weighted by molar-refractivity contribution is -0.127. The number of hydrogen-bond acceptors (Lipinski definition) is 5. The molecule has 3 rings (SSSR count). The Balaban J connectivity index is 1.48. The molecule has 0 spiro atoms. The molecule has 1 aromatic rings. The highest BCUT2D eigenvalue weighted by atomic mass is 16.2. The number of amides is 3. The summed E-state index contributed by atoms with van der Waals surface area (Å²) in [6.07, 6.45) is 2.59. The van der Waals surface area contributed by atoms with Gasteiger partial charge in [0.25, 0.3) is 0 Å². The van der Waals surface area contributed by atoms with E-state index in [4.69, 9.17) is 0 Å². The standard InChI is InChI=1S/C16H24N6O2/c1-12-17-5-3-15(18-12)20-7-9-21(10-8-20)16(24)19-14-4-6-22(11-14)13(2)23/h3,5,14H,4,6-11H2,1-2H3,(H,19,24). The van der Waals surface area contributed by atoms with Crippen LogP contribution in [0.3, 0.4) is 0 Å². The van der Waals surface area contributed by atoms with Crippen molar-refractivity contribution in [2.45, 2.75) is 26.3 Å². The molecule has 0 radical (unpaired) electrons. The molecule has 130 valence electrons. The summed E-state index contributed by atoms with van der Waals surface area (Å²) in [6.45, 7) is 7.62. The van der Waals surface area contributed by atoms with Gasteiger partial charge in [-0.1, -0.05) is 0 Å². The second-order valence-corrected chi connectivity index (χ2v) is 6.34. The molecule has 1 atom stereocenters. The third-order valence-corrected chi connectivity index (χ3v) is 4.61. The van der Waals surface area contributed by atoms with Gasteiger partial charge in [0.1, 0.15) is 11.6 Å². The van der Waals surface area contributed by atoms with Crippen LogP contribution in [0.2, 0.25) is 0 Å². The van der Waals surface area contributed by atoms with Gasteiger partial charge in [0.2, 0.25) is 5.91 Å². The van der Waals surface area contributed by atoms with Crippen LogP contribution in [-0.4, -0.2) is 77.0 Å². The number of hydrogen-bond donors (Lipinski definition) is 1. The van der Waals surface area contributed by atoms with Crippen molar-refractivity contribution in [3.63, 3.8) is 0 Å². The number of carbonyl (C=O) groups is 2. The largest absolute Gasteiger partial charge is 0.353 e. The Morgan fingerprint density at radius 1 is 1.17 bits per heavy atom. The van der Waals surface area contributed by atoms with Crippen LogP contribution in [0, 0.1) is 6.92 Å². The Hall–Kier alpha value is -2.38. The highest BCUT2D eigenvalue weighted by Crippen LogP contribution is 2.14. The second kappa shape index (κ2) is 7.02. The summed E-state index contributed by atoms with van der Waals surface area (Å²) in [5, 5.41) is 3.05. The maximum absolute atomic E-state index is 12.4. The molecule has 2 aliphatic rings. The van der Waals surface area contributed by atoms with Crippen LogP contribution in [0.5, 0.6) is 0 Å². The minimum atomic E-state index is -0.0380. The van der Waals surface area contributed by atoms with Gasteiger partial charge in [-0.25, -0.2) is 14.8 Å². The van der Waals surface area contributed by atoms with Crippen LogP contribution >= 0.6 is 0 Å². The molecule has 2 aliphatic heterocycles. The Morgan fingerprint density at radius 2 is 1.92 bits per heavy atom. The molecule has 0 saturated carbocycles. The summed E-state index contributed by atoms with van der Waals surface area (Å²) in [5.74, 6) is 1.74. The lowest BCUT2D eigenvalue weighted by Gasteiger charge is -2.35. The molecule has 0 aromatic carbocycles. The number of anilines is 1. The smallest absolute Gasteiger partial charge is 0.317 e. The van der Waals surface area contributed by atoms with Crippen molar-refractivity contribution in [2.24, 2.45) is 0 Å². The van der Waals surface area contributed by atoms with Crippen LogP contribution in [0.25, 0.3) is 0 Å². The fraction of sp³-hybridized carbons (Fsp3) is 0.625. The zero-order chi connectivity index (χ0) is 17.1. The Bertz CT molecular complexity index is 614. The minimum Gasteiger partial charge on any atom is -0.353 e. The van der Waals surface area contributed by atoms with E-state index in [1.807, 2.05) is 17.9 Å². The summed E-state index contributed by atoms with van der Waals surface area (Å²) >= 11 is 0. The van der Waals surface area contributed by atoms with Crippen LogP contribution in [0.15, 0.2) is 12.3 Å². The number of aromatic nitrogens is 2. The van der Waals surface area contributed by atoms with E-state index < -0.39 is 0 Å². The van der Waals surface area contributed by atoms with Crippen molar-refractivity contribution >= 4 is 17.8 Å². The van der Waals surface area contributed by atoms with Crippen molar-refractivity contribution in [2.75, 3.05) is 44.2 Å². The van der Waals surface area contributed by atoms with E-state index in [1.54, 1.807) is 18.0 Å². The summed E-state index contributed by atoms with van der Waals surface area (Å²) in [5.41, 5.74) is 0. The van der Waals surface area contributed by atoms with Crippen LogP contribution < -0.4 is 10.2 Å². The van der Waals surface area contributed by atoms with Gasteiger partial charge in [-0.3, -0.25) is 4.79 Å². The number of nitrogens with zero attached hydrogens (tertiary/aromatic N) is 5. The number of rotatable bonds is 2. The van der Waals surface area contributed by atoms with E-state index in [2.05, 4.69) is 20.2 Å². The zero-order valence-corrected chi connectivity index (χ0v) is 14.2. The highest BCUT2D eigenvalue weighted by molar-refractivity contribution is 5.76. The molecule has 24 heavy (non-hydrogen) atoms. The molecule has 2 fully saturated rings. The molecule has 2 saturated heterocycles. The number of piperazine rings is 1. The lowest BCUT2D eigenvalue weighted by atomic mass is 10.2. The first-order valence-electron chi connectivity index (χ1n) is 8.38. The minimum absolute atomic E-state index is 0.0380. The number of aryl methyl sites for hydroxylation is 1. The van der Waals surface area contributed by atoms with Gasteiger partial charge in [0, 0.05) is 58.4 Å². The third-order valence-electron chi connectivity index (χ3n) is 4.61. The van der Waals surface area contributed by atoms with E-state index in [9.17, 15) is 9.59 Å². The van der Waals surface area contributed by atoms with Gasteiger partial charge in [0.15, 0.2) is 0 Å². The molecule has 3 amide bonds. The van der Waals surface area contributed by atoms with Crippen LogP contribution in [-0.2, 0) is 4.79 Å². The maximum atomic E-state index is 12.4. The van der Waals surface area contributed by atoms with Gasteiger partial charge in [0.05, 0.1) is 0 Å². The van der Waals surface area contributed by atoms with E-state index >= 15 is 0 Å². The molecule has 1 unspecified atom stereocenters. The van der Waals surface area contributed by atoms with Gasteiger partial charge in [-0.15, -0.1) is 0 Å². The predicted molar refractivity (Wildman–Crippen MR) is 89.7 cm³/mol. The quantitative estimate of drug-likeness (QED) is 0.839. The number of nitrogens with one attached hydrogen (secondary N) is 1. The molecular weight excluding hydrogens is 308 g/mol. The summed E-state index contributed by atoms with van der Waals surface area (Å²) < 4.78 is 0. The van der Waals surface area contributed by atoms with E-state index in [-0.39, 0.29) is 18.0 Å². The van der Waals surface area contributed by atoms with E-state index in [1.165, 1.54) is 0 Å². The molecule has 8 nitrogen and oxygen atoms in total. The Kier molecular flexibility index (Phi) is 4.82. The first-order chi connectivity index (χ1) is 11.5. The fourth-order valence-electron chi connectivity index (χ4n) is 3.19. The zero-order valence-electron chi connectivity index (χ0n) is 14.2. The monoisotopic (exact) mass is 332 g/mol. The van der Waals surface area contributed by atoms with Crippen LogP contribution in [0.4, 0.5) is 10.6 Å². The average Bonchev–Trinajstić information content (AvgIpc) is 3.04. The van der Waals surface area contributed by atoms with Crippen molar-refractivity contribution in [1.82, 2.24) is 25.1 Å². The number of urea groups is 1. The van der Waals surface area contributed by atoms with Crippen molar-refractivity contribution < 1.29 is 9.59 Å². The fourth-order valence-corrected chi connectivity index (χ4v) is 3.19. The molecule has 0 aliphatic carbocycles. The first-order valence-corrected chi connectivity index (χ1v) is 8.38. The van der Waals surface area contributed by atoms with Crippen LogP contribution in [0.1, 0.15) is 19.2 Å². The highest BCUT2D eigenvalue weighted by Gasteiger charge is 2.28. The van der Waals surface area contributed by atoms with Crippen molar-refractivity contribution in [1.29, 1.82) is 0 Å². The molecule has 3 heterocycles. The molecule has 0 bridgehead atoms. The average molecular weight is 332 g/mol. The van der Waals surface area contributed by atoms with E-state index in [0.29, 0.717) is 19.6 Å².